The van der Waals surface area contributed by atoms with Crippen molar-refractivity contribution in [2.24, 2.45) is 5.92 Å². The number of likely N-dealkylation sites (tertiary alicyclic amines) is 1. The van der Waals surface area contributed by atoms with E-state index in [4.69, 9.17) is 4.42 Å². The molecule has 0 saturated carbocycles. The summed E-state index contributed by atoms with van der Waals surface area (Å²) in [6.07, 6.45) is 4.57. The third-order valence-corrected chi connectivity index (χ3v) is 5.95. The molecule has 0 amide bonds. The first kappa shape index (κ1) is 18.4. The maximum absolute atomic E-state index is 5.70. The van der Waals surface area contributed by atoms with E-state index in [1.165, 1.54) is 37.4 Å². The molecule has 0 bridgehead atoms. The molecule has 25 heavy (non-hydrogen) atoms. The molecular weight excluding hydrogens is 332 g/mol. The number of furan rings is 1. The van der Waals surface area contributed by atoms with Gasteiger partial charge < -0.3 is 14.2 Å². The van der Waals surface area contributed by atoms with Crippen molar-refractivity contribution >= 4 is 16.5 Å². The van der Waals surface area contributed by atoms with Crippen molar-refractivity contribution in [3.8, 4) is 0 Å². The zero-order chi connectivity index (χ0) is 17.8. The highest BCUT2D eigenvalue weighted by Gasteiger charge is 2.21. The fraction of sp³-hybridized carbons (Fsp3) is 0.632. The fourth-order valence-electron chi connectivity index (χ4n) is 3.47. The molecule has 0 unspecified atom stereocenters. The highest BCUT2D eigenvalue weighted by molar-refractivity contribution is 7.15. The second-order valence-electron chi connectivity index (χ2n) is 7.43. The first-order valence-corrected chi connectivity index (χ1v) is 9.89. The molecule has 0 aromatic carbocycles. The Bertz CT molecular complexity index is 658. The summed E-state index contributed by atoms with van der Waals surface area (Å²) in [7, 11) is 6.32. The highest BCUT2D eigenvalue weighted by atomic mass is 32.1. The molecule has 2 aromatic rings. The average molecular weight is 363 g/mol. The molecular formula is C19H30N4OS. The first-order valence-electron chi connectivity index (χ1n) is 9.08. The van der Waals surface area contributed by atoms with E-state index >= 15 is 0 Å². The molecule has 138 valence electrons. The summed E-state index contributed by atoms with van der Waals surface area (Å²) in [5, 5.41) is 1.09. The van der Waals surface area contributed by atoms with E-state index in [0.717, 1.165) is 35.7 Å². The van der Waals surface area contributed by atoms with Crippen LogP contribution >= 0.6 is 11.3 Å². The lowest BCUT2D eigenvalue weighted by atomic mass is 9.96. The van der Waals surface area contributed by atoms with Gasteiger partial charge in [-0.2, -0.15) is 0 Å². The zero-order valence-electron chi connectivity index (χ0n) is 15.9. The van der Waals surface area contributed by atoms with Crippen molar-refractivity contribution in [1.82, 2.24) is 14.8 Å². The van der Waals surface area contributed by atoms with Crippen LogP contribution in [0, 0.1) is 12.8 Å². The Hall–Kier alpha value is -1.37. The largest absolute Gasteiger partial charge is 0.465 e. The van der Waals surface area contributed by atoms with Crippen LogP contribution in [0.2, 0.25) is 0 Å². The van der Waals surface area contributed by atoms with E-state index in [-0.39, 0.29) is 0 Å². The molecule has 0 radical (unpaired) electrons. The number of aryl methyl sites for hydroxylation is 1. The van der Waals surface area contributed by atoms with Gasteiger partial charge in [0.15, 0.2) is 5.13 Å². The van der Waals surface area contributed by atoms with Crippen LogP contribution in [0.5, 0.6) is 0 Å². The SMILES string of the molecule is Cc1ccc(CN2CCC(CN(C)Cc3cnc(N(C)C)s3)CC2)o1. The van der Waals surface area contributed by atoms with Crippen LogP contribution in [0.15, 0.2) is 22.7 Å². The van der Waals surface area contributed by atoms with Gasteiger partial charge >= 0.3 is 0 Å². The Balaban J connectivity index is 1.40. The van der Waals surface area contributed by atoms with Gasteiger partial charge in [-0.3, -0.25) is 4.90 Å². The summed E-state index contributed by atoms with van der Waals surface area (Å²) in [5.74, 6) is 2.89. The third-order valence-electron chi connectivity index (χ3n) is 4.80. The van der Waals surface area contributed by atoms with Crippen LogP contribution in [-0.4, -0.2) is 55.6 Å². The van der Waals surface area contributed by atoms with Crippen molar-refractivity contribution in [3.63, 3.8) is 0 Å². The molecule has 6 heteroatoms. The van der Waals surface area contributed by atoms with Crippen LogP contribution < -0.4 is 4.90 Å². The van der Waals surface area contributed by atoms with Gasteiger partial charge in [0.05, 0.1) is 6.54 Å². The smallest absolute Gasteiger partial charge is 0.185 e. The molecule has 1 fully saturated rings. The molecule has 0 atom stereocenters. The Labute approximate surface area is 155 Å². The van der Waals surface area contributed by atoms with E-state index in [1.807, 2.05) is 27.2 Å². The van der Waals surface area contributed by atoms with Crippen molar-refractivity contribution in [2.45, 2.75) is 32.9 Å². The van der Waals surface area contributed by atoms with Gasteiger partial charge in [-0.25, -0.2) is 4.98 Å². The summed E-state index contributed by atoms with van der Waals surface area (Å²) in [4.78, 5) is 12.9. The lowest BCUT2D eigenvalue weighted by Crippen LogP contribution is -2.37. The quantitative estimate of drug-likeness (QED) is 0.754. The Morgan fingerprint density at radius 2 is 2.00 bits per heavy atom. The molecule has 1 saturated heterocycles. The average Bonchev–Trinajstić information content (AvgIpc) is 3.18. The van der Waals surface area contributed by atoms with Crippen LogP contribution in [-0.2, 0) is 13.1 Å². The second kappa shape index (κ2) is 8.34. The Morgan fingerprint density at radius 1 is 1.24 bits per heavy atom. The van der Waals surface area contributed by atoms with Crippen molar-refractivity contribution in [3.05, 3.63) is 34.7 Å². The number of nitrogens with zero attached hydrogens (tertiary/aromatic N) is 4. The Morgan fingerprint density at radius 3 is 2.60 bits per heavy atom. The number of piperidine rings is 1. The van der Waals surface area contributed by atoms with Gasteiger partial charge in [0, 0.05) is 38.3 Å². The fourth-order valence-corrected chi connectivity index (χ4v) is 4.38. The predicted molar refractivity (Wildman–Crippen MR) is 104 cm³/mol. The van der Waals surface area contributed by atoms with Gasteiger partial charge in [0.25, 0.3) is 0 Å². The van der Waals surface area contributed by atoms with E-state index < -0.39 is 0 Å². The minimum atomic E-state index is 0.792. The van der Waals surface area contributed by atoms with Crippen molar-refractivity contribution < 1.29 is 4.42 Å². The maximum atomic E-state index is 5.70. The molecule has 3 rings (SSSR count). The Kier molecular flexibility index (Phi) is 6.15. The van der Waals surface area contributed by atoms with E-state index in [1.54, 1.807) is 11.3 Å². The normalized spacial score (nSPS) is 16.7. The monoisotopic (exact) mass is 362 g/mol. The summed E-state index contributed by atoms with van der Waals surface area (Å²) < 4.78 is 5.70. The standard InChI is InChI=1S/C19H30N4OS/c1-15-5-6-17(24-15)13-23-9-7-16(8-10-23)12-22(4)14-18-11-20-19(25-18)21(2)3/h5-6,11,16H,7-10,12-14H2,1-4H3. The molecule has 5 nitrogen and oxygen atoms in total. The summed E-state index contributed by atoms with van der Waals surface area (Å²) in [5.41, 5.74) is 0. The van der Waals surface area contributed by atoms with Gasteiger partial charge in [0.2, 0.25) is 0 Å². The number of hydrogen-bond donors (Lipinski definition) is 0. The van der Waals surface area contributed by atoms with Crippen LogP contribution in [0.1, 0.15) is 29.2 Å². The molecule has 3 heterocycles. The lowest BCUT2D eigenvalue weighted by molar-refractivity contribution is 0.140. The predicted octanol–water partition coefficient (Wildman–Crippen LogP) is 3.45. The van der Waals surface area contributed by atoms with Gasteiger partial charge in [-0.05, 0) is 58.0 Å². The lowest BCUT2D eigenvalue weighted by Gasteiger charge is -2.33. The topological polar surface area (TPSA) is 35.8 Å². The minimum Gasteiger partial charge on any atom is -0.465 e. The molecule has 0 N–H and O–H groups in total. The number of anilines is 1. The highest BCUT2D eigenvalue weighted by Crippen LogP contribution is 2.24. The molecule has 0 spiro atoms. The van der Waals surface area contributed by atoms with Crippen LogP contribution in [0.25, 0.3) is 0 Å². The molecule has 1 aliphatic rings. The van der Waals surface area contributed by atoms with E-state index in [9.17, 15) is 0 Å². The van der Waals surface area contributed by atoms with E-state index in [0.29, 0.717) is 0 Å². The van der Waals surface area contributed by atoms with Crippen LogP contribution in [0.4, 0.5) is 5.13 Å². The van der Waals surface area contributed by atoms with Gasteiger partial charge in [-0.15, -0.1) is 11.3 Å². The number of thiazole rings is 1. The van der Waals surface area contributed by atoms with Crippen molar-refractivity contribution in [2.75, 3.05) is 45.7 Å². The third kappa shape index (κ3) is 5.30. The number of aromatic nitrogens is 1. The molecule has 0 aliphatic carbocycles. The number of rotatable bonds is 7. The van der Waals surface area contributed by atoms with Crippen molar-refractivity contribution in [1.29, 1.82) is 0 Å². The molecule has 1 aliphatic heterocycles. The summed E-state index contributed by atoms with van der Waals surface area (Å²) >= 11 is 1.79. The van der Waals surface area contributed by atoms with Crippen LogP contribution in [0.3, 0.4) is 0 Å². The maximum Gasteiger partial charge on any atom is 0.185 e. The summed E-state index contributed by atoms with van der Waals surface area (Å²) in [6, 6.07) is 4.16. The first-order chi connectivity index (χ1) is 12.0. The van der Waals surface area contributed by atoms with Gasteiger partial charge in [-0.1, -0.05) is 0 Å². The minimum absolute atomic E-state index is 0.792. The van der Waals surface area contributed by atoms with Gasteiger partial charge in [0.1, 0.15) is 11.5 Å². The zero-order valence-corrected chi connectivity index (χ0v) is 16.7. The van der Waals surface area contributed by atoms with E-state index in [2.05, 4.69) is 38.9 Å². The number of hydrogen-bond acceptors (Lipinski definition) is 6. The summed E-state index contributed by atoms with van der Waals surface area (Å²) in [6.45, 7) is 7.47. The molecule has 2 aromatic heterocycles. The second-order valence-corrected chi connectivity index (χ2v) is 8.53.